The summed E-state index contributed by atoms with van der Waals surface area (Å²) in [7, 11) is 0. The Hall–Kier alpha value is -2.21. The van der Waals surface area contributed by atoms with E-state index in [0.29, 0.717) is 39.5 Å². The van der Waals surface area contributed by atoms with Gasteiger partial charge in [0, 0.05) is 11.6 Å². The molecule has 2 aromatic heterocycles. The van der Waals surface area contributed by atoms with Gasteiger partial charge in [0.15, 0.2) is 0 Å². The molecule has 1 aliphatic carbocycles. The van der Waals surface area contributed by atoms with Crippen LogP contribution in [0.5, 0.6) is 0 Å². The van der Waals surface area contributed by atoms with E-state index >= 15 is 0 Å². The van der Waals surface area contributed by atoms with Crippen LogP contribution < -0.4 is 11.1 Å². The summed E-state index contributed by atoms with van der Waals surface area (Å²) in [6.45, 7) is 1.76. The Bertz CT molecular complexity index is 715. The number of aryl methyl sites for hydroxylation is 1. The van der Waals surface area contributed by atoms with Gasteiger partial charge in [-0.3, -0.25) is 4.79 Å². The van der Waals surface area contributed by atoms with E-state index in [1.54, 1.807) is 25.1 Å². The van der Waals surface area contributed by atoms with Crippen molar-refractivity contribution in [2.24, 2.45) is 5.73 Å². The third-order valence-corrected chi connectivity index (χ3v) is 3.43. The summed E-state index contributed by atoms with van der Waals surface area (Å²) in [6, 6.07) is 5.44. The van der Waals surface area contributed by atoms with Crippen LogP contribution in [0.2, 0.25) is 5.15 Å². The van der Waals surface area contributed by atoms with E-state index in [9.17, 15) is 4.79 Å². The minimum Gasteiger partial charge on any atom is -0.367 e. The van der Waals surface area contributed by atoms with Crippen molar-refractivity contribution in [3.63, 3.8) is 0 Å². The zero-order valence-electron chi connectivity index (χ0n) is 11.4. The predicted molar refractivity (Wildman–Crippen MR) is 80.2 cm³/mol. The zero-order valence-corrected chi connectivity index (χ0v) is 12.2. The maximum atomic E-state index is 11.6. The summed E-state index contributed by atoms with van der Waals surface area (Å²) in [5.41, 5.74) is 7.49. The maximum absolute atomic E-state index is 11.6. The number of aromatic nitrogens is 3. The number of primary amides is 1. The van der Waals surface area contributed by atoms with Gasteiger partial charge in [-0.05, 0) is 38.0 Å². The highest BCUT2D eigenvalue weighted by Gasteiger charge is 2.24. The molecule has 1 aliphatic rings. The van der Waals surface area contributed by atoms with Crippen molar-refractivity contribution in [1.29, 1.82) is 0 Å². The first-order valence-corrected chi connectivity index (χ1v) is 7.00. The first-order chi connectivity index (χ1) is 10.0. The Morgan fingerprint density at radius 1 is 1.38 bits per heavy atom. The molecule has 1 saturated carbocycles. The van der Waals surface area contributed by atoms with Crippen molar-refractivity contribution in [2.75, 3.05) is 5.32 Å². The Kier molecular flexibility index (Phi) is 3.47. The minimum atomic E-state index is -0.546. The smallest absolute Gasteiger partial charge is 0.251 e. The lowest BCUT2D eigenvalue weighted by Gasteiger charge is -2.12. The largest absolute Gasteiger partial charge is 0.367 e. The quantitative estimate of drug-likeness (QED) is 0.844. The normalized spacial score (nSPS) is 14.0. The van der Waals surface area contributed by atoms with Crippen molar-refractivity contribution in [3.05, 3.63) is 34.6 Å². The van der Waals surface area contributed by atoms with Gasteiger partial charge in [0.1, 0.15) is 16.7 Å². The lowest BCUT2D eigenvalue weighted by Crippen LogP contribution is -2.15. The van der Waals surface area contributed by atoms with Crippen LogP contribution in [0.1, 0.15) is 28.9 Å². The monoisotopic (exact) mass is 303 g/mol. The number of carbonyl (C=O) groups excluding carboxylic acids is 1. The van der Waals surface area contributed by atoms with Gasteiger partial charge in [-0.2, -0.15) is 5.10 Å². The summed E-state index contributed by atoms with van der Waals surface area (Å²) in [5, 5.41) is 11.8. The van der Waals surface area contributed by atoms with Gasteiger partial charge in [-0.1, -0.05) is 11.6 Å². The van der Waals surface area contributed by atoms with Crippen molar-refractivity contribution >= 4 is 23.3 Å². The average Bonchev–Trinajstić information content (AvgIpc) is 3.23. The second-order valence-electron chi connectivity index (χ2n) is 5.06. The number of anilines is 1. The maximum Gasteiger partial charge on any atom is 0.251 e. The van der Waals surface area contributed by atoms with E-state index < -0.39 is 5.91 Å². The van der Waals surface area contributed by atoms with Gasteiger partial charge in [0.05, 0.1) is 11.3 Å². The zero-order chi connectivity index (χ0) is 15.0. The number of nitrogens with zero attached hydrogens (tertiary/aromatic N) is 3. The van der Waals surface area contributed by atoms with Crippen LogP contribution >= 0.6 is 11.6 Å². The van der Waals surface area contributed by atoms with Crippen LogP contribution in [-0.4, -0.2) is 27.1 Å². The van der Waals surface area contributed by atoms with Crippen LogP contribution in [0.3, 0.4) is 0 Å². The number of halogens is 1. The van der Waals surface area contributed by atoms with E-state index in [2.05, 4.69) is 20.5 Å². The van der Waals surface area contributed by atoms with Crippen LogP contribution in [0.4, 0.5) is 5.82 Å². The molecule has 0 aliphatic heterocycles. The fourth-order valence-corrected chi connectivity index (χ4v) is 2.18. The molecule has 2 aromatic rings. The van der Waals surface area contributed by atoms with Crippen molar-refractivity contribution in [3.8, 4) is 11.3 Å². The summed E-state index contributed by atoms with van der Waals surface area (Å²) in [6.07, 6.45) is 2.19. The molecule has 21 heavy (non-hydrogen) atoms. The SMILES string of the molecule is Cc1cc(C(N)=O)c(-c2ccc(Cl)nc2NC2CC2)nn1. The summed E-state index contributed by atoms with van der Waals surface area (Å²) < 4.78 is 0. The molecule has 7 heteroatoms. The molecule has 0 radical (unpaired) electrons. The van der Waals surface area contributed by atoms with E-state index in [1.165, 1.54) is 0 Å². The molecule has 0 atom stereocenters. The molecule has 0 bridgehead atoms. The first kappa shape index (κ1) is 13.8. The molecular formula is C14H14ClN5O. The second-order valence-corrected chi connectivity index (χ2v) is 5.45. The van der Waals surface area contributed by atoms with E-state index in [-0.39, 0.29) is 0 Å². The van der Waals surface area contributed by atoms with Crippen LogP contribution in [-0.2, 0) is 0 Å². The van der Waals surface area contributed by atoms with Gasteiger partial charge < -0.3 is 11.1 Å². The topological polar surface area (TPSA) is 93.8 Å². The molecule has 3 N–H and O–H groups in total. The predicted octanol–water partition coefficient (Wildman–Crippen LogP) is 2.17. The van der Waals surface area contributed by atoms with E-state index in [0.717, 1.165) is 12.8 Å². The lowest BCUT2D eigenvalue weighted by atomic mass is 10.1. The van der Waals surface area contributed by atoms with Crippen LogP contribution in [0, 0.1) is 6.92 Å². The fraction of sp³-hybridized carbons (Fsp3) is 0.286. The Labute approximate surface area is 126 Å². The highest BCUT2D eigenvalue weighted by molar-refractivity contribution is 6.29. The Balaban J connectivity index is 2.13. The molecule has 0 spiro atoms. The van der Waals surface area contributed by atoms with Crippen molar-refractivity contribution in [1.82, 2.24) is 15.2 Å². The van der Waals surface area contributed by atoms with E-state index in [1.807, 2.05) is 0 Å². The molecule has 0 unspecified atom stereocenters. The minimum absolute atomic E-state index is 0.325. The van der Waals surface area contributed by atoms with Crippen LogP contribution in [0.25, 0.3) is 11.3 Å². The summed E-state index contributed by atoms with van der Waals surface area (Å²) >= 11 is 5.96. The number of nitrogens with two attached hydrogens (primary N) is 1. The molecule has 1 amide bonds. The number of nitrogens with one attached hydrogen (secondary N) is 1. The number of hydrogen-bond donors (Lipinski definition) is 2. The summed E-state index contributed by atoms with van der Waals surface area (Å²) in [4.78, 5) is 15.9. The molecular weight excluding hydrogens is 290 g/mol. The third-order valence-electron chi connectivity index (χ3n) is 3.22. The average molecular weight is 304 g/mol. The highest BCUT2D eigenvalue weighted by atomic mass is 35.5. The van der Waals surface area contributed by atoms with Crippen LogP contribution in [0.15, 0.2) is 18.2 Å². The molecule has 3 rings (SSSR count). The standard InChI is InChI=1S/C14H14ClN5O/c1-7-6-10(13(16)21)12(20-19-7)9-4-5-11(15)18-14(9)17-8-2-3-8/h4-6,8H,2-3H2,1H3,(H2,16,21)(H,17,18). The Morgan fingerprint density at radius 3 is 2.81 bits per heavy atom. The van der Waals surface area contributed by atoms with Crippen molar-refractivity contribution < 1.29 is 4.79 Å². The number of amides is 1. The van der Waals surface area contributed by atoms with Gasteiger partial charge >= 0.3 is 0 Å². The number of rotatable bonds is 4. The molecule has 1 fully saturated rings. The van der Waals surface area contributed by atoms with Gasteiger partial charge in [-0.25, -0.2) is 4.98 Å². The van der Waals surface area contributed by atoms with Gasteiger partial charge in [0.25, 0.3) is 5.91 Å². The third kappa shape index (κ3) is 2.95. The molecule has 108 valence electrons. The van der Waals surface area contributed by atoms with Crippen molar-refractivity contribution in [2.45, 2.75) is 25.8 Å². The molecule has 2 heterocycles. The molecule has 0 aromatic carbocycles. The summed E-state index contributed by atoms with van der Waals surface area (Å²) in [5.74, 6) is 0.0565. The number of pyridine rings is 1. The second kappa shape index (κ2) is 5.29. The van der Waals surface area contributed by atoms with Gasteiger partial charge in [-0.15, -0.1) is 5.10 Å². The first-order valence-electron chi connectivity index (χ1n) is 6.62. The highest BCUT2D eigenvalue weighted by Crippen LogP contribution is 2.32. The Morgan fingerprint density at radius 2 is 2.14 bits per heavy atom. The van der Waals surface area contributed by atoms with Gasteiger partial charge in [0.2, 0.25) is 0 Å². The molecule has 0 saturated heterocycles. The number of carbonyl (C=O) groups is 1. The lowest BCUT2D eigenvalue weighted by molar-refractivity contribution is 0.100. The van der Waals surface area contributed by atoms with E-state index in [4.69, 9.17) is 17.3 Å². The fourth-order valence-electron chi connectivity index (χ4n) is 2.03. The number of hydrogen-bond acceptors (Lipinski definition) is 5. The molecule has 6 nitrogen and oxygen atoms in total.